The lowest BCUT2D eigenvalue weighted by atomic mass is 10.2. The second-order valence-corrected chi connectivity index (χ2v) is 5.11. The monoisotopic (exact) mass is 307 g/mol. The summed E-state index contributed by atoms with van der Waals surface area (Å²) in [4.78, 5) is 6.22. The van der Waals surface area contributed by atoms with Crippen molar-refractivity contribution in [3.63, 3.8) is 0 Å². The van der Waals surface area contributed by atoms with E-state index >= 15 is 0 Å². The van der Waals surface area contributed by atoms with Crippen molar-refractivity contribution in [2.45, 2.75) is 6.54 Å². The fraction of sp³-hybridized carbons (Fsp3) is 0.267. The number of benzene rings is 1. The Bertz CT molecular complexity index is 590. The van der Waals surface area contributed by atoms with Gasteiger partial charge in [-0.1, -0.05) is 11.6 Å². The highest BCUT2D eigenvalue weighted by molar-refractivity contribution is 6.30. The van der Waals surface area contributed by atoms with E-state index in [-0.39, 0.29) is 12.4 Å². The van der Waals surface area contributed by atoms with Crippen molar-refractivity contribution in [3.8, 4) is 5.75 Å². The van der Waals surface area contributed by atoms with Crippen molar-refractivity contribution >= 4 is 23.1 Å². The number of nitrogens with one attached hydrogen (secondary N) is 1. The molecule has 0 radical (unpaired) electrons. The predicted molar refractivity (Wildman–Crippen MR) is 85.0 cm³/mol. The van der Waals surface area contributed by atoms with Crippen LogP contribution in [0.2, 0.25) is 5.02 Å². The summed E-state index contributed by atoms with van der Waals surface area (Å²) in [6, 6.07) is 8.70. The molecule has 0 fully saturated rings. The second kappa shape index (κ2) is 7.15. The number of likely N-dealkylation sites (N-methyl/N-ethyl adjacent to an activating group) is 1. The van der Waals surface area contributed by atoms with Crippen LogP contribution in [-0.2, 0) is 6.54 Å². The van der Waals surface area contributed by atoms with Gasteiger partial charge in [0.25, 0.3) is 0 Å². The number of aliphatic hydroxyl groups is 1. The number of pyridine rings is 1. The smallest absolute Gasteiger partial charge is 0.126 e. The molecule has 0 bridgehead atoms. The van der Waals surface area contributed by atoms with Crippen LogP contribution < -0.4 is 10.2 Å². The van der Waals surface area contributed by atoms with Gasteiger partial charge in [0.15, 0.2) is 0 Å². The number of aromatic hydroxyl groups is 1. The van der Waals surface area contributed by atoms with Gasteiger partial charge >= 0.3 is 0 Å². The van der Waals surface area contributed by atoms with Gasteiger partial charge in [0.05, 0.1) is 18.5 Å². The average Bonchev–Trinajstić information content (AvgIpc) is 2.49. The summed E-state index contributed by atoms with van der Waals surface area (Å²) in [5.74, 6) is 0.904. The maximum absolute atomic E-state index is 9.74. The van der Waals surface area contributed by atoms with Gasteiger partial charge in [0.1, 0.15) is 11.6 Å². The zero-order chi connectivity index (χ0) is 15.2. The molecule has 0 amide bonds. The topological polar surface area (TPSA) is 68.6 Å². The molecule has 21 heavy (non-hydrogen) atoms. The number of phenolic OH excluding ortho intramolecular Hbond substituents is 1. The lowest BCUT2D eigenvalue weighted by Crippen LogP contribution is -2.21. The Balaban J connectivity index is 1.99. The first-order valence-electron chi connectivity index (χ1n) is 6.59. The molecule has 3 N–H and O–H groups in total. The minimum atomic E-state index is 0.102. The molecular weight excluding hydrogens is 290 g/mol. The molecule has 5 nitrogen and oxygen atoms in total. The van der Waals surface area contributed by atoms with Crippen LogP contribution in [0.5, 0.6) is 5.75 Å². The molecule has 0 saturated carbocycles. The SMILES string of the molecule is CN(CCO)c1ccc(NCc2cc(Cl)ccc2O)nc1. The maximum atomic E-state index is 9.74. The van der Waals surface area contributed by atoms with Gasteiger partial charge < -0.3 is 20.4 Å². The Hall–Kier alpha value is -1.98. The van der Waals surface area contributed by atoms with Gasteiger partial charge in [-0.05, 0) is 30.3 Å². The number of aromatic nitrogens is 1. The molecule has 0 aliphatic rings. The summed E-state index contributed by atoms with van der Waals surface area (Å²) in [6.07, 6.45) is 1.73. The standard InChI is InChI=1S/C15H18ClN3O2/c1-19(6-7-20)13-3-5-15(18-10-13)17-9-11-8-12(16)2-4-14(11)21/h2-5,8,10,20-21H,6-7,9H2,1H3,(H,17,18). The number of hydrogen-bond donors (Lipinski definition) is 3. The third kappa shape index (κ3) is 4.24. The second-order valence-electron chi connectivity index (χ2n) is 4.67. The average molecular weight is 308 g/mol. The molecule has 0 spiro atoms. The summed E-state index contributed by atoms with van der Waals surface area (Å²) in [6.45, 7) is 1.10. The number of phenols is 1. The van der Waals surface area contributed by atoms with Crippen molar-refractivity contribution in [1.82, 2.24) is 4.98 Å². The van der Waals surface area contributed by atoms with Crippen molar-refractivity contribution in [1.29, 1.82) is 0 Å². The largest absolute Gasteiger partial charge is 0.508 e. The Morgan fingerprint density at radius 2 is 2.10 bits per heavy atom. The first kappa shape index (κ1) is 15.4. The number of aliphatic hydroxyl groups excluding tert-OH is 1. The first-order valence-corrected chi connectivity index (χ1v) is 6.97. The molecule has 1 aromatic heterocycles. The van der Waals surface area contributed by atoms with Gasteiger partial charge in [0.2, 0.25) is 0 Å². The minimum absolute atomic E-state index is 0.102. The van der Waals surface area contributed by atoms with Crippen molar-refractivity contribution < 1.29 is 10.2 Å². The van der Waals surface area contributed by atoms with E-state index in [1.54, 1.807) is 24.4 Å². The molecule has 1 heterocycles. The lowest BCUT2D eigenvalue weighted by molar-refractivity contribution is 0.304. The minimum Gasteiger partial charge on any atom is -0.508 e. The van der Waals surface area contributed by atoms with E-state index in [9.17, 15) is 5.11 Å². The van der Waals surface area contributed by atoms with Crippen molar-refractivity contribution in [2.75, 3.05) is 30.4 Å². The zero-order valence-electron chi connectivity index (χ0n) is 11.8. The number of nitrogens with zero attached hydrogens (tertiary/aromatic N) is 2. The quantitative estimate of drug-likeness (QED) is 0.765. The highest BCUT2D eigenvalue weighted by Crippen LogP contribution is 2.22. The molecule has 2 rings (SSSR count). The van der Waals surface area contributed by atoms with Gasteiger partial charge in [-0.3, -0.25) is 0 Å². The number of hydrogen-bond acceptors (Lipinski definition) is 5. The third-order valence-corrected chi connectivity index (χ3v) is 3.36. The summed E-state index contributed by atoms with van der Waals surface area (Å²) >= 11 is 5.90. The van der Waals surface area contributed by atoms with Crippen LogP contribution in [0.4, 0.5) is 11.5 Å². The van der Waals surface area contributed by atoms with E-state index in [0.29, 0.717) is 29.5 Å². The highest BCUT2D eigenvalue weighted by Gasteiger charge is 2.04. The number of rotatable bonds is 6. The highest BCUT2D eigenvalue weighted by atomic mass is 35.5. The predicted octanol–water partition coefficient (Wildman–Crippen LogP) is 2.48. The van der Waals surface area contributed by atoms with Crippen LogP contribution >= 0.6 is 11.6 Å². The van der Waals surface area contributed by atoms with Crippen LogP contribution in [0.25, 0.3) is 0 Å². The molecule has 0 aliphatic carbocycles. The molecule has 0 atom stereocenters. The van der Waals surface area contributed by atoms with E-state index in [0.717, 1.165) is 5.69 Å². The third-order valence-electron chi connectivity index (χ3n) is 3.13. The molecule has 0 aliphatic heterocycles. The fourth-order valence-corrected chi connectivity index (χ4v) is 2.07. The maximum Gasteiger partial charge on any atom is 0.126 e. The first-order chi connectivity index (χ1) is 10.1. The molecule has 2 aromatic rings. The van der Waals surface area contributed by atoms with Crippen LogP contribution in [0.15, 0.2) is 36.5 Å². The summed E-state index contributed by atoms with van der Waals surface area (Å²) in [5.41, 5.74) is 1.64. The van der Waals surface area contributed by atoms with Gasteiger partial charge in [0, 0.05) is 30.7 Å². The molecule has 6 heteroatoms. The van der Waals surface area contributed by atoms with E-state index in [4.69, 9.17) is 16.7 Å². The Morgan fingerprint density at radius 3 is 2.76 bits per heavy atom. The molecule has 1 aromatic carbocycles. The van der Waals surface area contributed by atoms with Crippen LogP contribution in [-0.4, -0.2) is 35.4 Å². The Labute approximate surface area is 128 Å². The lowest BCUT2D eigenvalue weighted by Gasteiger charge is -2.17. The van der Waals surface area contributed by atoms with Gasteiger partial charge in [-0.15, -0.1) is 0 Å². The van der Waals surface area contributed by atoms with Crippen molar-refractivity contribution in [3.05, 3.63) is 47.1 Å². The number of anilines is 2. The van der Waals surface area contributed by atoms with Gasteiger partial charge in [-0.2, -0.15) is 0 Å². The van der Waals surface area contributed by atoms with E-state index in [2.05, 4.69) is 10.3 Å². The summed E-state index contributed by atoms with van der Waals surface area (Å²) < 4.78 is 0. The van der Waals surface area contributed by atoms with E-state index < -0.39 is 0 Å². The van der Waals surface area contributed by atoms with E-state index in [1.807, 2.05) is 24.1 Å². The van der Waals surface area contributed by atoms with E-state index in [1.165, 1.54) is 0 Å². The summed E-state index contributed by atoms with van der Waals surface area (Å²) in [7, 11) is 1.89. The van der Waals surface area contributed by atoms with Crippen LogP contribution in [0.1, 0.15) is 5.56 Å². The van der Waals surface area contributed by atoms with Crippen LogP contribution in [0.3, 0.4) is 0 Å². The van der Waals surface area contributed by atoms with Crippen molar-refractivity contribution in [2.24, 2.45) is 0 Å². The van der Waals surface area contributed by atoms with Crippen LogP contribution in [0, 0.1) is 0 Å². The Kier molecular flexibility index (Phi) is 5.25. The fourth-order valence-electron chi connectivity index (χ4n) is 1.88. The zero-order valence-corrected chi connectivity index (χ0v) is 12.5. The normalized spacial score (nSPS) is 10.4. The molecule has 0 unspecified atom stereocenters. The number of halogens is 1. The molecule has 112 valence electrons. The molecule has 0 saturated heterocycles. The molecular formula is C15H18ClN3O2. The Morgan fingerprint density at radius 1 is 1.29 bits per heavy atom. The summed E-state index contributed by atoms with van der Waals surface area (Å²) in [5, 5.41) is 22.4. The van der Waals surface area contributed by atoms with Gasteiger partial charge in [-0.25, -0.2) is 4.98 Å².